The Morgan fingerprint density at radius 3 is 2.47 bits per heavy atom. The first-order valence-corrected chi connectivity index (χ1v) is 11.7. The van der Waals surface area contributed by atoms with Gasteiger partial charge in [0.1, 0.15) is 5.75 Å². The fourth-order valence-electron chi connectivity index (χ4n) is 2.74. The summed E-state index contributed by atoms with van der Waals surface area (Å²) in [6, 6.07) is 15.0. The summed E-state index contributed by atoms with van der Waals surface area (Å²) in [5.41, 5.74) is 6.92. The maximum Gasteiger partial charge on any atom is 0.248 e. The summed E-state index contributed by atoms with van der Waals surface area (Å²) in [4.78, 5) is 12.2. The molecule has 0 aliphatic carbocycles. The summed E-state index contributed by atoms with van der Waals surface area (Å²) >= 11 is 12.3. The van der Waals surface area contributed by atoms with Crippen LogP contribution in [0.3, 0.4) is 0 Å². The lowest BCUT2D eigenvalue weighted by molar-refractivity contribution is -0.119. The van der Waals surface area contributed by atoms with E-state index in [1.807, 2.05) is 54.8 Å². The lowest BCUT2D eigenvalue weighted by Gasteiger charge is -2.12. The van der Waals surface area contributed by atoms with Gasteiger partial charge in [-0.05, 0) is 74.6 Å². The van der Waals surface area contributed by atoms with E-state index in [0.29, 0.717) is 34.3 Å². The Labute approximate surface area is 201 Å². The number of amides is 1. The zero-order valence-electron chi connectivity index (χ0n) is 17.6. The van der Waals surface area contributed by atoms with Crippen molar-refractivity contribution in [1.29, 1.82) is 0 Å². The Hall–Kier alpha value is -2.82. The highest BCUT2D eigenvalue weighted by Crippen LogP contribution is 2.29. The van der Waals surface area contributed by atoms with Gasteiger partial charge in [0.15, 0.2) is 16.1 Å². The largest absolute Gasteiger partial charge is 0.494 e. The molecule has 0 unspecified atom stereocenters. The predicted molar refractivity (Wildman–Crippen MR) is 131 cm³/mol. The minimum atomic E-state index is -0.246. The van der Waals surface area contributed by atoms with Gasteiger partial charge in [0, 0.05) is 22.8 Å². The maximum atomic E-state index is 12.2. The van der Waals surface area contributed by atoms with Gasteiger partial charge in [0.05, 0.1) is 12.4 Å². The second kappa shape index (κ2) is 11.7. The SMILES string of the molecule is CCNC(=S)NNC(=O)CSc1nnc(-c2ccc(Cl)cc2)n1-c1ccc(OCC)cc1. The molecule has 11 heteroatoms. The first-order valence-electron chi connectivity index (χ1n) is 9.91. The molecule has 0 bridgehead atoms. The molecule has 168 valence electrons. The summed E-state index contributed by atoms with van der Waals surface area (Å²) < 4.78 is 7.44. The van der Waals surface area contributed by atoms with E-state index < -0.39 is 0 Å². The van der Waals surface area contributed by atoms with Gasteiger partial charge in [-0.3, -0.25) is 20.2 Å². The standard InChI is InChI=1S/C21H23ClN6O2S2/c1-3-23-20(31)26-24-18(29)13-32-21-27-25-19(14-5-7-15(22)8-6-14)28(21)16-9-11-17(12-10-16)30-4-2/h5-12H,3-4,13H2,1-2H3,(H,24,29)(H2,23,26,31). The molecule has 0 fully saturated rings. The van der Waals surface area contributed by atoms with Crippen LogP contribution in [0.1, 0.15) is 13.8 Å². The van der Waals surface area contributed by atoms with Crippen LogP contribution in [-0.2, 0) is 4.79 Å². The number of carbonyl (C=O) groups excluding carboxylic acids is 1. The van der Waals surface area contributed by atoms with E-state index in [4.69, 9.17) is 28.6 Å². The number of hydrogen-bond donors (Lipinski definition) is 3. The Balaban J connectivity index is 1.83. The van der Waals surface area contributed by atoms with Crippen LogP contribution in [0.25, 0.3) is 17.1 Å². The average Bonchev–Trinajstić information content (AvgIpc) is 3.21. The number of hydrazine groups is 1. The van der Waals surface area contributed by atoms with Crippen molar-refractivity contribution >= 4 is 46.6 Å². The second-order valence-electron chi connectivity index (χ2n) is 6.40. The molecule has 8 nitrogen and oxygen atoms in total. The van der Waals surface area contributed by atoms with Crippen molar-refractivity contribution in [1.82, 2.24) is 30.9 Å². The molecule has 1 amide bonds. The van der Waals surface area contributed by atoms with E-state index in [0.717, 1.165) is 17.0 Å². The molecule has 0 atom stereocenters. The lowest BCUT2D eigenvalue weighted by atomic mass is 10.2. The van der Waals surface area contributed by atoms with Crippen molar-refractivity contribution in [2.75, 3.05) is 18.9 Å². The topological polar surface area (TPSA) is 93.1 Å². The van der Waals surface area contributed by atoms with E-state index in [-0.39, 0.29) is 11.7 Å². The highest BCUT2D eigenvalue weighted by Gasteiger charge is 2.17. The maximum absolute atomic E-state index is 12.2. The fraction of sp³-hybridized carbons (Fsp3) is 0.238. The highest BCUT2D eigenvalue weighted by molar-refractivity contribution is 7.99. The van der Waals surface area contributed by atoms with Crippen molar-refractivity contribution in [3.05, 3.63) is 53.6 Å². The van der Waals surface area contributed by atoms with Crippen LogP contribution >= 0.6 is 35.6 Å². The van der Waals surface area contributed by atoms with Crippen LogP contribution in [0.15, 0.2) is 53.7 Å². The van der Waals surface area contributed by atoms with Crippen LogP contribution in [0.4, 0.5) is 0 Å². The minimum Gasteiger partial charge on any atom is -0.494 e. The number of aromatic nitrogens is 3. The first-order chi connectivity index (χ1) is 15.5. The number of carbonyl (C=O) groups is 1. The molecule has 0 radical (unpaired) electrons. The van der Waals surface area contributed by atoms with Crippen LogP contribution in [0.2, 0.25) is 5.02 Å². The molecule has 3 rings (SSSR count). The lowest BCUT2D eigenvalue weighted by Crippen LogP contribution is -2.47. The Morgan fingerprint density at radius 1 is 1.09 bits per heavy atom. The normalized spacial score (nSPS) is 10.5. The monoisotopic (exact) mass is 490 g/mol. The number of thioether (sulfide) groups is 1. The Kier molecular flexibility index (Phi) is 8.72. The molecule has 0 aliphatic heterocycles. The van der Waals surface area contributed by atoms with Gasteiger partial charge >= 0.3 is 0 Å². The molecule has 0 spiro atoms. The third-order valence-corrected chi connectivity index (χ3v) is 5.55. The molecular formula is C21H23ClN6O2S2. The number of hydrogen-bond acceptors (Lipinski definition) is 6. The zero-order valence-corrected chi connectivity index (χ0v) is 20.0. The van der Waals surface area contributed by atoms with Crippen molar-refractivity contribution in [3.63, 3.8) is 0 Å². The van der Waals surface area contributed by atoms with E-state index >= 15 is 0 Å². The number of benzene rings is 2. The van der Waals surface area contributed by atoms with Crippen molar-refractivity contribution in [2.24, 2.45) is 0 Å². The number of nitrogens with zero attached hydrogens (tertiary/aromatic N) is 3. The average molecular weight is 491 g/mol. The third-order valence-electron chi connectivity index (χ3n) is 4.13. The highest BCUT2D eigenvalue weighted by atomic mass is 35.5. The van der Waals surface area contributed by atoms with Gasteiger partial charge in [0.2, 0.25) is 5.91 Å². The molecule has 0 aliphatic rings. The molecule has 3 N–H and O–H groups in total. The van der Waals surface area contributed by atoms with E-state index in [2.05, 4.69) is 26.4 Å². The van der Waals surface area contributed by atoms with Crippen LogP contribution in [-0.4, -0.2) is 44.7 Å². The first kappa shape index (κ1) is 23.8. The van der Waals surface area contributed by atoms with Gasteiger partial charge in [-0.1, -0.05) is 23.4 Å². The quantitative estimate of drug-likeness (QED) is 0.250. The van der Waals surface area contributed by atoms with Crippen LogP contribution in [0, 0.1) is 0 Å². The summed E-state index contributed by atoms with van der Waals surface area (Å²) in [5.74, 6) is 1.29. The van der Waals surface area contributed by atoms with E-state index in [1.165, 1.54) is 11.8 Å². The molecule has 0 saturated heterocycles. The predicted octanol–water partition coefficient (Wildman–Crippen LogP) is 3.59. The number of ether oxygens (including phenoxy) is 1. The number of rotatable bonds is 8. The van der Waals surface area contributed by atoms with Gasteiger partial charge in [-0.2, -0.15) is 0 Å². The molecule has 1 aromatic heterocycles. The van der Waals surface area contributed by atoms with Crippen molar-refractivity contribution in [2.45, 2.75) is 19.0 Å². The summed E-state index contributed by atoms with van der Waals surface area (Å²) in [6.45, 7) is 5.10. The Bertz CT molecular complexity index is 1060. The van der Waals surface area contributed by atoms with Gasteiger partial charge in [-0.15, -0.1) is 10.2 Å². The van der Waals surface area contributed by atoms with Crippen LogP contribution in [0.5, 0.6) is 5.75 Å². The summed E-state index contributed by atoms with van der Waals surface area (Å²) in [7, 11) is 0. The van der Waals surface area contributed by atoms with Crippen LogP contribution < -0.4 is 20.9 Å². The zero-order chi connectivity index (χ0) is 22.9. The van der Waals surface area contributed by atoms with Crippen molar-refractivity contribution < 1.29 is 9.53 Å². The molecular weight excluding hydrogens is 468 g/mol. The summed E-state index contributed by atoms with van der Waals surface area (Å²) in [6.07, 6.45) is 0. The molecule has 1 heterocycles. The number of nitrogens with one attached hydrogen (secondary N) is 3. The van der Waals surface area contributed by atoms with E-state index in [9.17, 15) is 4.79 Å². The van der Waals surface area contributed by atoms with E-state index in [1.54, 1.807) is 12.1 Å². The number of halogens is 1. The van der Waals surface area contributed by atoms with Crippen molar-refractivity contribution in [3.8, 4) is 22.8 Å². The fourth-order valence-corrected chi connectivity index (χ4v) is 3.81. The second-order valence-corrected chi connectivity index (χ2v) is 8.18. The van der Waals surface area contributed by atoms with Gasteiger partial charge < -0.3 is 10.1 Å². The minimum absolute atomic E-state index is 0.123. The van der Waals surface area contributed by atoms with Gasteiger partial charge in [-0.25, -0.2) is 0 Å². The third kappa shape index (κ3) is 6.35. The Morgan fingerprint density at radius 2 is 1.81 bits per heavy atom. The van der Waals surface area contributed by atoms with Gasteiger partial charge in [0.25, 0.3) is 0 Å². The molecule has 2 aromatic carbocycles. The molecule has 3 aromatic rings. The summed E-state index contributed by atoms with van der Waals surface area (Å²) in [5, 5.41) is 13.1. The number of thiocarbonyl (C=S) groups is 1. The molecule has 0 saturated carbocycles. The smallest absolute Gasteiger partial charge is 0.248 e. The molecule has 32 heavy (non-hydrogen) atoms.